The first-order valence-corrected chi connectivity index (χ1v) is 7.51. The normalized spacial score (nSPS) is 10.6. The van der Waals surface area contributed by atoms with Crippen LogP contribution in [0.3, 0.4) is 0 Å². The van der Waals surface area contributed by atoms with Gasteiger partial charge >= 0.3 is 0 Å². The molecule has 0 unspecified atom stereocenters. The number of nitrogen functional groups attached to an aromatic ring is 1. The highest BCUT2D eigenvalue weighted by molar-refractivity contribution is 7.18. The molecule has 0 aliphatic rings. The molecule has 2 N–H and O–H groups in total. The third kappa shape index (κ3) is 3.22. The van der Waals surface area contributed by atoms with Gasteiger partial charge in [0.05, 0.1) is 24.3 Å². The Morgan fingerprint density at radius 1 is 1.30 bits per heavy atom. The van der Waals surface area contributed by atoms with E-state index in [0.717, 1.165) is 40.5 Å². The largest absolute Gasteiger partial charge is 0.493 e. The molecule has 0 aliphatic heterocycles. The summed E-state index contributed by atoms with van der Waals surface area (Å²) in [4.78, 5) is 5.33. The van der Waals surface area contributed by atoms with Crippen molar-refractivity contribution in [2.45, 2.75) is 26.7 Å². The topological polar surface area (TPSA) is 57.4 Å². The number of aryl methyl sites for hydroxylation is 1. The molecular formula is C15H20N2O2S. The number of anilines is 1. The summed E-state index contributed by atoms with van der Waals surface area (Å²) >= 11 is 1.49. The average molecular weight is 292 g/mol. The number of benzene rings is 1. The lowest BCUT2D eigenvalue weighted by Crippen LogP contribution is -1.99. The number of hydrogen-bond acceptors (Lipinski definition) is 5. The Hall–Kier alpha value is -1.75. The van der Waals surface area contributed by atoms with Crippen LogP contribution in [0.4, 0.5) is 5.13 Å². The van der Waals surface area contributed by atoms with E-state index in [9.17, 15) is 0 Å². The highest BCUT2D eigenvalue weighted by Gasteiger charge is 2.12. The maximum Gasteiger partial charge on any atom is 0.180 e. The van der Waals surface area contributed by atoms with Crippen molar-refractivity contribution in [2.24, 2.45) is 0 Å². The Kier molecular flexibility index (Phi) is 4.84. The third-order valence-electron chi connectivity index (χ3n) is 2.99. The van der Waals surface area contributed by atoms with Crippen LogP contribution in [0, 0.1) is 6.92 Å². The zero-order valence-corrected chi connectivity index (χ0v) is 12.9. The summed E-state index contributed by atoms with van der Waals surface area (Å²) in [7, 11) is 1.65. The first kappa shape index (κ1) is 14.7. The Morgan fingerprint density at radius 3 is 2.70 bits per heavy atom. The Bertz CT molecular complexity index is 581. The number of aromatic nitrogens is 1. The van der Waals surface area contributed by atoms with Gasteiger partial charge in [-0.15, -0.1) is 0 Å². The van der Waals surface area contributed by atoms with Crippen LogP contribution < -0.4 is 15.2 Å². The molecule has 0 saturated carbocycles. The van der Waals surface area contributed by atoms with Crippen LogP contribution in [0.15, 0.2) is 18.2 Å². The predicted molar refractivity (Wildman–Crippen MR) is 83.7 cm³/mol. The van der Waals surface area contributed by atoms with Crippen LogP contribution in [-0.2, 0) is 0 Å². The zero-order chi connectivity index (χ0) is 14.5. The number of methoxy groups -OCH3 is 1. The molecule has 20 heavy (non-hydrogen) atoms. The molecule has 0 fully saturated rings. The second-order valence-electron chi connectivity index (χ2n) is 4.53. The van der Waals surface area contributed by atoms with Crippen LogP contribution in [0.25, 0.3) is 10.4 Å². The lowest BCUT2D eigenvalue weighted by atomic mass is 10.1. The second kappa shape index (κ2) is 6.61. The van der Waals surface area contributed by atoms with Crippen molar-refractivity contribution in [3.8, 4) is 21.9 Å². The van der Waals surface area contributed by atoms with Crippen molar-refractivity contribution < 1.29 is 9.47 Å². The third-order valence-corrected chi connectivity index (χ3v) is 4.03. The lowest BCUT2D eigenvalue weighted by Gasteiger charge is -2.11. The van der Waals surface area contributed by atoms with Crippen molar-refractivity contribution in [1.29, 1.82) is 0 Å². The van der Waals surface area contributed by atoms with E-state index in [1.54, 1.807) is 7.11 Å². The highest BCUT2D eigenvalue weighted by atomic mass is 32.1. The molecule has 0 aliphatic carbocycles. The van der Waals surface area contributed by atoms with E-state index in [2.05, 4.69) is 11.9 Å². The van der Waals surface area contributed by atoms with Crippen molar-refractivity contribution in [3.05, 3.63) is 23.9 Å². The molecule has 0 radical (unpaired) electrons. The molecule has 108 valence electrons. The highest BCUT2D eigenvalue weighted by Crippen LogP contribution is 2.37. The minimum Gasteiger partial charge on any atom is -0.493 e. The molecule has 0 atom stereocenters. The maximum absolute atomic E-state index is 5.81. The molecule has 0 bridgehead atoms. The van der Waals surface area contributed by atoms with Gasteiger partial charge in [0.15, 0.2) is 16.6 Å². The lowest BCUT2D eigenvalue weighted by molar-refractivity contribution is 0.288. The maximum atomic E-state index is 5.81. The summed E-state index contributed by atoms with van der Waals surface area (Å²) in [5, 5.41) is 0.585. The number of nitrogens with two attached hydrogens (primary N) is 1. The Labute approximate surface area is 123 Å². The number of nitrogens with zero attached hydrogens (tertiary/aromatic N) is 1. The van der Waals surface area contributed by atoms with Gasteiger partial charge in [0, 0.05) is 0 Å². The van der Waals surface area contributed by atoms with Gasteiger partial charge in [-0.3, -0.25) is 0 Å². The van der Waals surface area contributed by atoms with Gasteiger partial charge in [0.25, 0.3) is 0 Å². The smallest absolute Gasteiger partial charge is 0.180 e. The number of unbranched alkanes of at least 4 members (excludes halogenated alkanes) is 1. The fraction of sp³-hybridized carbons (Fsp3) is 0.400. The zero-order valence-electron chi connectivity index (χ0n) is 12.1. The van der Waals surface area contributed by atoms with Gasteiger partial charge in [-0.1, -0.05) is 24.7 Å². The van der Waals surface area contributed by atoms with E-state index in [0.29, 0.717) is 11.7 Å². The van der Waals surface area contributed by atoms with E-state index in [1.807, 2.05) is 25.1 Å². The van der Waals surface area contributed by atoms with E-state index in [4.69, 9.17) is 15.2 Å². The van der Waals surface area contributed by atoms with Crippen LogP contribution in [0.5, 0.6) is 11.5 Å². The van der Waals surface area contributed by atoms with Crippen molar-refractivity contribution in [1.82, 2.24) is 4.98 Å². The van der Waals surface area contributed by atoms with Crippen molar-refractivity contribution >= 4 is 16.5 Å². The fourth-order valence-corrected chi connectivity index (χ4v) is 2.77. The molecule has 0 amide bonds. The molecule has 1 aromatic heterocycles. The van der Waals surface area contributed by atoms with Gasteiger partial charge in [-0.2, -0.15) is 0 Å². The monoisotopic (exact) mass is 292 g/mol. The van der Waals surface area contributed by atoms with Crippen LogP contribution in [0.1, 0.15) is 25.5 Å². The number of hydrogen-bond donors (Lipinski definition) is 1. The summed E-state index contributed by atoms with van der Waals surface area (Å²) in [5.74, 6) is 1.52. The molecule has 0 spiro atoms. The summed E-state index contributed by atoms with van der Waals surface area (Å²) < 4.78 is 11.1. The fourth-order valence-electron chi connectivity index (χ4n) is 1.94. The van der Waals surface area contributed by atoms with E-state index < -0.39 is 0 Å². The van der Waals surface area contributed by atoms with Gasteiger partial charge in [0.1, 0.15) is 0 Å². The van der Waals surface area contributed by atoms with E-state index in [1.165, 1.54) is 11.3 Å². The molecule has 2 rings (SSSR count). The van der Waals surface area contributed by atoms with Crippen molar-refractivity contribution in [2.75, 3.05) is 19.5 Å². The number of rotatable bonds is 6. The molecule has 5 heteroatoms. The standard InChI is InChI=1S/C15H20N2O2S/c1-4-5-8-19-13-9-11(6-7-12(13)18-3)14-10(2)17-15(16)20-14/h6-7,9H,4-5,8H2,1-3H3,(H2,16,17). The van der Waals surface area contributed by atoms with Gasteiger partial charge in [-0.05, 0) is 37.1 Å². The Morgan fingerprint density at radius 2 is 2.10 bits per heavy atom. The van der Waals surface area contributed by atoms with E-state index in [-0.39, 0.29) is 0 Å². The van der Waals surface area contributed by atoms with Crippen LogP contribution in [-0.4, -0.2) is 18.7 Å². The molecule has 2 aromatic rings. The Balaban J connectivity index is 2.31. The summed E-state index contributed by atoms with van der Waals surface area (Å²) in [6.07, 6.45) is 2.13. The summed E-state index contributed by atoms with van der Waals surface area (Å²) in [6, 6.07) is 5.92. The van der Waals surface area contributed by atoms with Gasteiger partial charge in [0.2, 0.25) is 0 Å². The number of ether oxygens (including phenoxy) is 2. The first-order valence-electron chi connectivity index (χ1n) is 6.69. The minimum atomic E-state index is 0.585. The van der Waals surface area contributed by atoms with Crippen molar-refractivity contribution in [3.63, 3.8) is 0 Å². The van der Waals surface area contributed by atoms with Gasteiger partial charge < -0.3 is 15.2 Å². The molecule has 0 saturated heterocycles. The molecule has 1 heterocycles. The van der Waals surface area contributed by atoms with Crippen LogP contribution >= 0.6 is 11.3 Å². The number of thiazole rings is 1. The molecule has 1 aromatic carbocycles. The predicted octanol–water partition coefficient (Wildman–Crippen LogP) is 3.89. The quantitative estimate of drug-likeness (QED) is 0.821. The summed E-state index contributed by atoms with van der Waals surface area (Å²) in [5.41, 5.74) is 7.76. The second-order valence-corrected chi connectivity index (χ2v) is 5.56. The van der Waals surface area contributed by atoms with Gasteiger partial charge in [-0.25, -0.2) is 4.98 Å². The first-order chi connectivity index (χ1) is 9.65. The minimum absolute atomic E-state index is 0.585. The molecule has 4 nitrogen and oxygen atoms in total. The van der Waals surface area contributed by atoms with Crippen LogP contribution in [0.2, 0.25) is 0 Å². The summed E-state index contributed by atoms with van der Waals surface area (Å²) in [6.45, 7) is 4.80. The average Bonchev–Trinajstić information content (AvgIpc) is 2.78. The van der Waals surface area contributed by atoms with E-state index >= 15 is 0 Å². The molecular weight excluding hydrogens is 272 g/mol. The SMILES string of the molecule is CCCCOc1cc(-c2sc(N)nc2C)ccc1OC.